The number of hydrogen-bond acceptors (Lipinski definition) is 8. The first-order valence-electron chi connectivity index (χ1n) is 16.2. The third kappa shape index (κ3) is 5.70. The van der Waals surface area contributed by atoms with Crippen LogP contribution in [0, 0.1) is 5.82 Å². The number of piperazine rings is 1. The maximum absolute atomic E-state index is 15.9. The number of ether oxygens (including phenoxy) is 3. The van der Waals surface area contributed by atoms with Gasteiger partial charge >= 0.3 is 5.97 Å². The molecule has 4 aliphatic rings. The summed E-state index contributed by atoms with van der Waals surface area (Å²) in [7, 11) is 3.44. The molecule has 0 aromatic heterocycles. The second-order valence-corrected chi connectivity index (χ2v) is 13.6. The Bertz CT molecular complexity index is 1700. The van der Waals surface area contributed by atoms with Crippen molar-refractivity contribution >= 4 is 34.9 Å². The average molecular weight is 663 g/mol. The average Bonchev–Trinajstić information content (AvgIpc) is 3.31. The maximum Gasteiger partial charge on any atom is 0.340 e. The minimum absolute atomic E-state index is 0.0176. The van der Waals surface area contributed by atoms with Crippen molar-refractivity contribution in [3.05, 3.63) is 76.1 Å². The van der Waals surface area contributed by atoms with E-state index in [0.717, 1.165) is 37.2 Å². The molecule has 3 unspecified atom stereocenters. The number of methoxy groups -OCH3 is 1. The molecule has 3 aromatic rings. The molecule has 3 aromatic carbocycles. The van der Waals surface area contributed by atoms with Crippen molar-refractivity contribution in [3.8, 4) is 16.9 Å². The summed E-state index contributed by atoms with van der Waals surface area (Å²) in [6.07, 6.45) is 1.87. The standard InChI is InChI=1S/C36H40ClFN4O5/c1-21-16-41(22(2)15-39(21)3)24-10-11-28(31(37)12-24)35(43)40-17-23-6-5-7-27(34(23)47-20-40)29-14-33(30(13-32(29)38)36(44)45-4)42-25-8-9-26(42)19-46-18-25/h5-7,10-14,21-22,25-26H,8-9,15-20H2,1-4H3/t21?,22-,25?,26?/m1/s1. The number of rotatable bonds is 5. The molecule has 0 aliphatic carbocycles. The molecule has 0 saturated carbocycles. The van der Waals surface area contributed by atoms with Gasteiger partial charge in [-0.15, -0.1) is 0 Å². The number of likely N-dealkylation sites (N-methyl/N-ethyl adjacent to an activating group) is 1. The van der Waals surface area contributed by atoms with E-state index < -0.39 is 11.8 Å². The molecule has 0 radical (unpaired) electrons. The highest BCUT2D eigenvalue weighted by Crippen LogP contribution is 2.43. The molecule has 11 heteroatoms. The Morgan fingerprint density at radius 1 is 0.957 bits per heavy atom. The number of para-hydroxylation sites is 1. The number of esters is 1. The number of carbonyl (C=O) groups is 2. The quantitative estimate of drug-likeness (QED) is 0.317. The number of hydrogen-bond donors (Lipinski definition) is 0. The molecule has 0 N–H and O–H groups in total. The minimum atomic E-state index is -0.587. The van der Waals surface area contributed by atoms with Crippen molar-refractivity contribution in [3.63, 3.8) is 0 Å². The zero-order valence-electron chi connectivity index (χ0n) is 27.2. The molecule has 2 bridgehead atoms. The highest BCUT2D eigenvalue weighted by Gasteiger charge is 2.40. The first-order valence-corrected chi connectivity index (χ1v) is 16.6. The van der Waals surface area contributed by atoms with Crippen LogP contribution in [-0.4, -0.2) is 93.0 Å². The highest BCUT2D eigenvalue weighted by molar-refractivity contribution is 6.34. The van der Waals surface area contributed by atoms with Crippen LogP contribution in [0.1, 0.15) is 53.0 Å². The molecule has 1 amide bonds. The molecule has 4 heterocycles. The van der Waals surface area contributed by atoms with Gasteiger partial charge in [0.2, 0.25) is 0 Å². The lowest BCUT2D eigenvalue weighted by Crippen LogP contribution is -2.55. The van der Waals surface area contributed by atoms with Gasteiger partial charge in [0, 0.05) is 47.6 Å². The van der Waals surface area contributed by atoms with Gasteiger partial charge in [-0.1, -0.05) is 29.8 Å². The topological polar surface area (TPSA) is 74.8 Å². The Kier molecular flexibility index (Phi) is 8.53. The van der Waals surface area contributed by atoms with Gasteiger partial charge in [0.05, 0.1) is 60.8 Å². The van der Waals surface area contributed by atoms with E-state index in [1.807, 2.05) is 24.3 Å². The Labute approximate surface area is 279 Å². The van der Waals surface area contributed by atoms with Crippen molar-refractivity contribution < 1.29 is 28.2 Å². The Balaban J connectivity index is 1.16. The van der Waals surface area contributed by atoms with E-state index in [9.17, 15) is 9.59 Å². The van der Waals surface area contributed by atoms with Crippen LogP contribution in [0.3, 0.4) is 0 Å². The number of benzene rings is 3. The van der Waals surface area contributed by atoms with Gasteiger partial charge in [0.1, 0.15) is 11.6 Å². The van der Waals surface area contributed by atoms with E-state index in [2.05, 4.69) is 35.6 Å². The lowest BCUT2D eigenvalue weighted by molar-refractivity contribution is 0.0515. The number of nitrogens with zero attached hydrogens (tertiary/aromatic N) is 4. The SMILES string of the molecule is COC(=O)c1cc(F)c(-c2cccc3c2OCN(C(=O)c2ccc(N4CC(C)N(C)C[C@H]4C)cc2Cl)C3)cc1N1C2CCC1COC2. The van der Waals surface area contributed by atoms with Crippen molar-refractivity contribution in [1.82, 2.24) is 9.80 Å². The second-order valence-electron chi connectivity index (χ2n) is 13.2. The number of morpholine rings is 1. The van der Waals surface area contributed by atoms with Crippen LogP contribution in [-0.2, 0) is 16.0 Å². The highest BCUT2D eigenvalue weighted by atomic mass is 35.5. The summed E-state index contributed by atoms with van der Waals surface area (Å²) in [5, 5.41) is 0.392. The zero-order chi connectivity index (χ0) is 33.0. The first-order chi connectivity index (χ1) is 22.6. The van der Waals surface area contributed by atoms with Gasteiger partial charge in [0.25, 0.3) is 5.91 Å². The first kappa shape index (κ1) is 31.7. The molecule has 0 spiro atoms. The van der Waals surface area contributed by atoms with Gasteiger partial charge < -0.3 is 28.9 Å². The Morgan fingerprint density at radius 2 is 1.72 bits per heavy atom. The molecular formula is C36H40ClFN4O5. The normalized spacial score (nSPS) is 24.2. The summed E-state index contributed by atoms with van der Waals surface area (Å²) < 4.78 is 32.9. The predicted octanol–water partition coefficient (Wildman–Crippen LogP) is 5.82. The fraction of sp³-hybridized carbons (Fsp3) is 0.444. The van der Waals surface area contributed by atoms with E-state index in [1.165, 1.54) is 13.2 Å². The second kappa shape index (κ2) is 12.6. The molecule has 4 atom stereocenters. The van der Waals surface area contributed by atoms with E-state index in [-0.39, 0.29) is 36.8 Å². The molecular weight excluding hydrogens is 623 g/mol. The van der Waals surface area contributed by atoms with Gasteiger partial charge in [0.15, 0.2) is 6.73 Å². The Morgan fingerprint density at radius 3 is 2.45 bits per heavy atom. The smallest absolute Gasteiger partial charge is 0.340 e. The monoisotopic (exact) mass is 662 g/mol. The number of anilines is 2. The van der Waals surface area contributed by atoms with E-state index in [4.69, 9.17) is 25.8 Å². The largest absolute Gasteiger partial charge is 0.472 e. The third-order valence-corrected chi connectivity index (χ3v) is 10.5. The van der Waals surface area contributed by atoms with Gasteiger partial charge in [-0.3, -0.25) is 9.69 Å². The van der Waals surface area contributed by atoms with E-state index >= 15 is 4.39 Å². The number of amides is 1. The van der Waals surface area contributed by atoms with Gasteiger partial charge in [-0.2, -0.15) is 0 Å². The van der Waals surface area contributed by atoms with Crippen LogP contribution in [0.2, 0.25) is 5.02 Å². The minimum Gasteiger partial charge on any atom is -0.472 e. The van der Waals surface area contributed by atoms with Crippen LogP contribution in [0.5, 0.6) is 5.75 Å². The molecule has 3 saturated heterocycles. The summed E-state index contributed by atoms with van der Waals surface area (Å²) in [6, 6.07) is 15.1. The van der Waals surface area contributed by atoms with Crippen LogP contribution < -0.4 is 14.5 Å². The number of carbonyl (C=O) groups excluding carboxylic acids is 2. The molecule has 248 valence electrons. The summed E-state index contributed by atoms with van der Waals surface area (Å²) in [6.45, 7) is 7.58. The molecule has 3 fully saturated rings. The predicted molar refractivity (Wildman–Crippen MR) is 179 cm³/mol. The van der Waals surface area contributed by atoms with Crippen LogP contribution in [0.4, 0.5) is 15.8 Å². The fourth-order valence-electron chi connectivity index (χ4n) is 7.58. The van der Waals surface area contributed by atoms with E-state index in [1.54, 1.807) is 23.1 Å². The number of fused-ring (bicyclic) bond motifs is 3. The molecule has 9 nitrogen and oxygen atoms in total. The van der Waals surface area contributed by atoms with Crippen molar-refractivity contribution in [1.29, 1.82) is 0 Å². The fourth-order valence-corrected chi connectivity index (χ4v) is 7.83. The van der Waals surface area contributed by atoms with Crippen LogP contribution in [0.15, 0.2) is 48.5 Å². The van der Waals surface area contributed by atoms with E-state index in [0.29, 0.717) is 58.4 Å². The van der Waals surface area contributed by atoms with Crippen LogP contribution >= 0.6 is 11.6 Å². The molecule has 47 heavy (non-hydrogen) atoms. The maximum atomic E-state index is 15.9. The third-order valence-electron chi connectivity index (χ3n) is 10.2. The van der Waals surface area contributed by atoms with Crippen molar-refractivity contribution in [2.75, 3.05) is 57.0 Å². The van der Waals surface area contributed by atoms with Gasteiger partial charge in [-0.25, -0.2) is 9.18 Å². The summed E-state index contributed by atoms with van der Waals surface area (Å²) in [4.78, 5) is 35.0. The summed E-state index contributed by atoms with van der Waals surface area (Å²) in [5.41, 5.74) is 3.85. The summed E-state index contributed by atoms with van der Waals surface area (Å²) >= 11 is 6.74. The van der Waals surface area contributed by atoms with Crippen molar-refractivity contribution in [2.45, 2.75) is 57.4 Å². The lowest BCUT2D eigenvalue weighted by Gasteiger charge is -2.44. The Hall–Kier alpha value is -3.86. The van der Waals surface area contributed by atoms with Gasteiger partial charge in [-0.05, 0) is 64.1 Å². The van der Waals surface area contributed by atoms with Crippen LogP contribution in [0.25, 0.3) is 11.1 Å². The zero-order valence-corrected chi connectivity index (χ0v) is 27.9. The lowest BCUT2D eigenvalue weighted by atomic mass is 9.96. The molecule has 7 rings (SSSR count). The number of halogens is 2. The summed E-state index contributed by atoms with van der Waals surface area (Å²) in [5.74, 6) is -0.870. The molecule has 4 aliphatic heterocycles. The van der Waals surface area contributed by atoms with Crippen molar-refractivity contribution in [2.24, 2.45) is 0 Å².